The minimum Gasteiger partial charge on any atom is -0.353 e. The largest absolute Gasteiger partial charge is 0.353 e. The summed E-state index contributed by atoms with van der Waals surface area (Å²) in [6.45, 7) is 7.57. The van der Waals surface area contributed by atoms with Crippen molar-refractivity contribution in [1.82, 2.24) is 15.6 Å². The van der Waals surface area contributed by atoms with Crippen molar-refractivity contribution in [2.75, 3.05) is 24.5 Å². The number of hydrogen-bond acceptors (Lipinski definition) is 4. The fraction of sp³-hybridized carbons (Fsp3) is 0.600. The highest BCUT2D eigenvalue weighted by Gasteiger charge is 2.28. The van der Waals surface area contributed by atoms with Crippen molar-refractivity contribution < 1.29 is 4.79 Å². The Balaban J connectivity index is 2.02. The maximum Gasteiger partial charge on any atom is 0.242 e. The number of hydrogen-bond donors (Lipinski definition) is 2. The highest BCUT2D eigenvalue weighted by atomic mass is 16.2. The van der Waals surface area contributed by atoms with Crippen LogP contribution in [0.2, 0.25) is 0 Å². The molecule has 110 valence electrons. The van der Waals surface area contributed by atoms with Crippen molar-refractivity contribution in [3.05, 3.63) is 23.9 Å². The first-order valence-electron chi connectivity index (χ1n) is 7.46. The number of aromatic nitrogens is 1. The number of nitrogens with zero attached hydrogens (tertiary/aromatic N) is 2. The first kappa shape index (κ1) is 14.8. The number of rotatable bonds is 6. The van der Waals surface area contributed by atoms with Gasteiger partial charge in [-0.2, -0.15) is 0 Å². The minimum absolute atomic E-state index is 0.0969. The zero-order chi connectivity index (χ0) is 14.4. The smallest absolute Gasteiger partial charge is 0.242 e. The maximum absolute atomic E-state index is 11.9. The van der Waals surface area contributed by atoms with Gasteiger partial charge in [0.05, 0.1) is 0 Å². The Hall–Kier alpha value is -1.62. The Morgan fingerprint density at radius 3 is 2.95 bits per heavy atom. The highest BCUT2D eigenvalue weighted by molar-refractivity contribution is 5.86. The topological polar surface area (TPSA) is 57.3 Å². The Bertz CT molecular complexity index is 432. The molecule has 0 bridgehead atoms. The number of amides is 1. The van der Waals surface area contributed by atoms with Crippen LogP contribution in [0.25, 0.3) is 0 Å². The summed E-state index contributed by atoms with van der Waals surface area (Å²) in [4.78, 5) is 18.5. The quantitative estimate of drug-likeness (QED) is 0.769. The van der Waals surface area contributed by atoms with Gasteiger partial charge < -0.3 is 15.5 Å². The molecule has 1 amide bonds. The molecule has 0 radical (unpaired) electrons. The highest BCUT2D eigenvalue weighted by Crippen LogP contribution is 2.18. The molecule has 1 aliphatic heterocycles. The molecule has 1 atom stereocenters. The van der Waals surface area contributed by atoms with E-state index in [1.165, 1.54) is 5.56 Å². The number of carbonyl (C=O) groups is 1. The second-order valence-electron chi connectivity index (χ2n) is 5.11. The molecule has 0 spiro atoms. The van der Waals surface area contributed by atoms with Gasteiger partial charge in [0.25, 0.3) is 0 Å². The first-order valence-corrected chi connectivity index (χ1v) is 7.46. The van der Waals surface area contributed by atoms with Crippen LogP contribution in [0.15, 0.2) is 18.3 Å². The average molecular weight is 276 g/mol. The van der Waals surface area contributed by atoms with Gasteiger partial charge >= 0.3 is 0 Å². The third kappa shape index (κ3) is 3.48. The zero-order valence-electron chi connectivity index (χ0n) is 12.4. The van der Waals surface area contributed by atoms with Gasteiger partial charge in [0.2, 0.25) is 5.91 Å². The van der Waals surface area contributed by atoms with Gasteiger partial charge in [-0.25, -0.2) is 4.98 Å². The molecule has 2 rings (SSSR count). The van der Waals surface area contributed by atoms with Crippen LogP contribution < -0.4 is 15.5 Å². The van der Waals surface area contributed by atoms with Crippen LogP contribution in [0, 0.1) is 0 Å². The third-order valence-electron chi connectivity index (χ3n) is 3.58. The summed E-state index contributed by atoms with van der Waals surface area (Å²) in [5.74, 6) is 1.00. The fourth-order valence-electron chi connectivity index (χ4n) is 2.50. The molecular weight excluding hydrogens is 252 g/mol. The summed E-state index contributed by atoms with van der Waals surface area (Å²) >= 11 is 0. The van der Waals surface area contributed by atoms with E-state index in [0.29, 0.717) is 6.54 Å². The number of piperazine rings is 1. The molecule has 1 aromatic rings. The van der Waals surface area contributed by atoms with Gasteiger partial charge in [0.15, 0.2) is 0 Å². The molecule has 2 heterocycles. The van der Waals surface area contributed by atoms with Crippen molar-refractivity contribution in [2.45, 2.75) is 39.3 Å². The normalized spacial score (nSPS) is 19.0. The van der Waals surface area contributed by atoms with E-state index in [1.807, 2.05) is 19.2 Å². The van der Waals surface area contributed by atoms with E-state index >= 15 is 0 Å². The summed E-state index contributed by atoms with van der Waals surface area (Å²) in [7, 11) is 0. The molecule has 5 nitrogen and oxygen atoms in total. The Kier molecular flexibility index (Phi) is 5.35. The number of pyridine rings is 1. The SMILES string of the molecule is CCCNCc1ccc(N2CCNC(=O)C2CC)nc1. The summed E-state index contributed by atoms with van der Waals surface area (Å²) in [6, 6.07) is 4.01. The molecule has 5 heteroatoms. The van der Waals surface area contributed by atoms with Gasteiger partial charge in [0.1, 0.15) is 11.9 Å². The summed E-state index contributed by atoms with van der Waals surface area (Å²) in [5, 5.41) is 6.27. The first-order chi connectivity index (χ1) is 9.76. The van der Waals surface area contributed by atoms with Crippen LogP contribution in [0.3, 0.4) is 0 Å². The van der Waals surface area contributed by atoms with E-state index in [2.05, 4.69) is 33.5 Å². The standard InChI is InChI=1S/C15H24N4O/c1-3-7-16-10-12-5-6-14(18-11-12)19-9-8-17-15(20)13(19)4-2/h5-6,11,13,16H,3-4,7-10H2,1-2H3,(H,17,20). The monoisotopic (exact) mass is 276 g/mol. The van der Waals surface area contributed by atoms with E-state index in [4.69, 9.17) is 0 Å². The van der Waals surface area contributed by atoms with Crippen molar-refractivity contribution in [3.63, 3.8) is 0 Å². The van der Waals surface area contributed by atoms with Crippen molar-refractivity contribution in [1.29, 1.82) is 0 Å². The van der Waals surface area contributed by atoms with Crippen LogP contribution >= 0.6 is 0 Å². The second kappa shape index (κ2) is 7.24. The molecule has 0 aromatic carbocycles. The van der Waals surface area contributed by atoms with Crippen molar-refractivity contribution in [3.8, 4) is 0 Å². The Labute approximate surface area is 120 Å². The van der Waals surface area contributed by atoms with Gasteiger partial charge in [0, 0.05) is 25.8 Å². The van der Waals surface area contributed by atoms with Crippen LogP contribution in [0.5, 0.6) is 0 Å². The van der Waals surface area contributed by atoms with Gasteiger partial charge in [-0.15, -0.1) is 0 Å². The summed E-state index contributed by atoms with van der Waals surface area (Å²) in [6.07, 6.45) is 3.83. The van der Waals surface area contributed by atoms with E-state index in [1.54, 1.807) is 0 Å². The lowest BCUT2D eigenvalue weighted by molar-refractivity contribution is -0.123. The molecule has 1 fully saturated rings. The minimum atomic E-state index is -0.0969. The van der Waals surface area contributed by atoms with Gasteiger partial charge in [-0.3, -0.25) is 4.79 Å². The number of nitrogens with one attached hydrogen (secondary N) is 2. The molecule has 0 saturated carbocycles. The zero-order valence-corrected chi connectivity index (χ0v) is 12.4. The second-order valence-corrected chi connectivity index (χ2v) is 5.11. The van der Waals surface area contributed by atoms with Crippen LogP contribution in [-0.4, -0.2) is 36.6 Å². The fourth-order valence-corrected chi connectivity index (χ4v) is 2.50. The van der Waals surface area contributed by atoms with Gasteiger partial charge in [-0.05, 0) is 31.0 Å². The third-order valence-corrected chi connectivity index (χ3v) is 3.58. The van der Waals surface area contributed by atoms with E-state index < -0.39 is 0 Å². The molecule has 1 aromatic heterocycles. The lowest BCUT2D eigenvalue weighted by atomic mass is 10.1. The van der Waals surface area contributed by atoms with Crippen molar-refractivity contribution in [2.24, 2.45) is 0 Å². The van der Waals surface area contributed by atoms with E-state index in [0.717, 1.165) is 38.3 Å². The van der Waals surface area contributed by atoms with Crippen LogP contribution in [0.1, 0.15) is 32.3 Å². The molecule has 1 aliphatic rings. The molecule has 1 unspecified atom stereocenters. The molecule has 2 N–H and O–H groups in total. The Morgan fingerprint density at radius 2 is 2.30 bits per heavy atom. The van der Waals surface area contributed by atoms with Crippen LogP contribution in [-0.2, 0) is 11.3 Å². The van der Waals surface area contributed by atoms with E-state index in [9.17, 15) is 4.79 Å². The number of carbonyl (C=O) groups excluding carboxylic acids is 1. The molecule has 0 aliphatic carbocycles. The predicted octanol–water partition coefficient (Wildman–Crippen LogP) is 1.30. The predicted molar refractivity (Wildman–Crippen MR) is 80.7 cm³/mol. The summed E-state index contributed by atoms with van der Waals surface area (Å²) in [5.41, 5.74) is 1.18. The lowest BCUT2D eigenvalue weighted by Crippen LogP contribution is -2.55. The Morgan fingerprint density at radius 1 is 1.45 bits per heavy atom. The average Bonchev–Trinajstić information content (AvgIpc) is 2.48. The lowest BCUT2D eigenvalue weighted by Gasteiger charge is -2.35. The van der Waals surface area contributed by atoms with Gasteiger partial charge in [-0.1, -0.05) is 19.9 Å². The molecular formula is C15H24N4O. The van der Waals surface area contributed by atoms with Crippen molar-refractivity contribution >= 4 is 11.7 Å². The van der Waals surface area contributed by atoms with E-state index in [-0.39, 0.29) is 11.9 Å². The maximum atomic E-state index is 11.9. The number of anilines is 1. The summed E-state index contributed by atoms with van der Waals surface area (Å²) < 4.78 is 0. The molecule has 1 saturated heterocycles. The van der Waals surface area contributed by atoms with Crippen LogP contribution in [0.4, 0.5) is 5.82 Å². The molecule has 20 heavy (non-hydrogen) atoms.